The fourth-order valence-electron chi connectivity index (χ4n) is 2.11. The van der Waals surface area contributed by atoms with Gasteiger partial charge in [0.15, 0.2) is 5.13 Å². The van der Waals surface area contributed by atoms with Crippen molar-refractivity contribution in [3.63, 3.8) is 0 Å². The summed E-state index contributed by atoms with van der Waals surface area (Å²) < 4.78 is 1.94. The molecule has 0 bridgehead atoms. The molecular weight excluding hydrogens is 282 g/mol. The van der Waals surface area contributed by atoms with Gasteiger partial charge in [-0.25, -0.2) is 4.98 Å². The van der Waals surface area contributed by atoms with Gasteiger partial charge in [0.2, 0.25) is 0 Å². The van der Waals surface area contributed by atoms with Crippen LogP contribution < -0.4 is 5.32 Å². The fourth-order valence-corrected chi connectivity index (χ4v) is 2.79. The molecule has 0 fully saturated rings. The summed E-state index contributed by atoms with van der Waals surface area (Å²) in [6.07, 6.45) is 1.91. The number of amides is 1. The molecule has 0 aliphatic carbocycles. The molecule has 0 aliphatic heterocycles. The number of rotatable bonds is 4. The lowest BCUT2D eigenvalue weighted by Gasteiger charge is -2.08. The standard InChI is InChI=1S/C16H15N3OS/c1-12-11-21-16(17-12)18-15(20)14-8-5-9-19(14)10-13-6-3-2-4-7-13/h2-9,11H,10H2,1H3,(H,17,18,20). The zero-order valence-electron chi connectivity index (χ0n) is 11.6. The number of carbonyl (C=O) groups is 1. The van der Waals surface area contributed by atoms with Crippen molar-refractivity contribution in [2.75, 3.05) is 5.32 Å². The van der Waals surface area contributed by atoms with E-state index in [9.17, 15) is 4.79 Å². The molecule has 0 aliphatic rings. The summed E-state index contributed by atoms with van der Waals surface area (Å²) in [5.41, 5.74) is 2.70. The van der Waals surface area contributed by atoms with E-state index in [1.165, 1.54) is 11.3 Å². The van der Waals surface area contributed by atoms with Crippen LogP contribution in [0, 0.1) is 6.92 Å². The van der Waals surface area contributed by atoms with E-state index in [-0.39, 0.29) is 5.91 Å². The normalized spacial score (nSPS) is 10.5. The van der Waals surface area contributed by atoms with E-state index >= 15 is 0 Å². The summed E-state index contributed by atoms with van der Waals surface area (Å²) in [7, 11) is 0. The average Bonchev–Trinajstić information content (AvgIpc) is 3.09. The first-order chi connectivity index (χ1) is 10.2. The molecule has 1 amide bonds. The number of anilines is 1. The lowest BCUT2D eigenvalue weighted by atomic mass is 10.2. The average molecular weight is 297 g/mol. The predicted molar refractivity (Wildman–Crippen MR) is 84.8 cm³/mol. The molecule has 0 radical (unpaired) electrons. The van der Waals surface area contributed by atoms with E-state index < -0.39 is 0 Å². The number of hydrogen-bond donors (Lipinski definition) is 1. The second kappa shape index (κ2) is 5.93. The minimum Gasteiger partial charge on any atom is -0.339 e. The van der Waals surface area contributed by atoms with E-state index in [0.29, 0.717) is 17.4 Å². The zero-order valence-corrected chi connectivity index (χ0v) is 12.4. The molecule has 5 heteroatoms. The van der Waals surface area contributed by atoms with Crippen LogP contribution in [0.2, 0.25) is 0 Å². The van der Waals surface area contributed by atoms with Crippen molar-refractivity contribution in [2.45, 2.75) is 13.5 Å². The van der Waals surface area contributed by atoms with Crippen LogP contribution in [-0.2, 0) is 6.54 Å². The molecule has 0 saturated heterocycles. The molecule has 2 heterocycles. The molecule has 3 aromatic rings. The minimum absolute atomic E-state index is 0.134. The third kappa shape index (κ3) is 3.20. The van der Waals surface area contributed by atoms with E-state index in [0.717, 1.165) is 11.3 Å². The van der Waals surface area contributed by atoms with Crippen LogP contribution in [0.5, 0.6) is 0 Å². The summed E-state index contributed by atoms with van der Waals surface area (Å²) in [5, 5.41) is 5.38. The number of hydrogen-bond acceptors (Lipinski definition) is 3. The van der Waals surface area contributed by atoms with Gasteiger partial charge in [-0.05, 0) is 24.6 Å². The molecule has 106 valence electrons. The Morgan fingerprint density at radius 1 is 1.24 bits per heavy atom. The number of carbonyl (C=O) groups excluding carboxylic acids is 1. The Bertz CT molecular complexity index is 746. The summed E-state index contributed by atoms with van der Waals surface area (Å²) in [5.74, 6) is -0.134. The summed E-state index contributed by atoms with van der Waals surface area (Å²) in [4.78, 5) is 16.6. The topological polar surface area (TPSA) is 46.9 Å². The van der Waals surface area contributed by atoms with Crippen LogP contribution in [0.4, 0.5) is 5.13 Å². The molecule has 1 aromatic carbocycles. The number of aryl methyl sites for hydroxylation is 1. The van der Waals surface area contributed by atoms with Gasteiger partial charge < -0.3 is 4.57 Å². The van der Waals surface area contributed by atoms with Crippen molar-refractivity contribution >= 4 is 22.4 Å². The van der Waals surface area contributed by atoms with Crippen molar-refractivity contribution in [1.29, 1.82) is 0 Å². The maximum absolute atomic E-state index is 12.3. The van der Waals surface area contributed by atoms with Crippen LogP contribution in [-0.4, -0.2) is 15.5 Å². The Morgan fingerprint density at radius 3 is 2.76 bits per heavy atom. The van der Waals surface area contributed by atoms with Crippen molar-refractivity contribution < 1.29 is 4.79 Å². The maximum atomic E-state index is 12.3. The Kier molecular flexibility index (Phi) is 3.83. The van der Waals surface area contributed by atoms with Gasteiger partial charge in [0.1, 0.15) is 5.69 Å². The molecule has 2 aromatic heterocycles. The molecule has 3 rings (SSSR count). The SMILES string of the molecule is Cc1csc(NC(=O)c2cccn2Cc2ccccc2)n1. The summed E-state index contributed by atoms with van der Waals surface area (Å²) in [6.45, 7) is 2.58. The van der Waals surface area contributed by atoms with Crippen LogP contribution in [0.25, 0.3) is 0 Å². The molecule has 4 nitrogen and oxygen atoms in total. The number of nitrogens with one attached hydrogen (secondary N) is 1. The Labute approximate surface area is 127 Å². The lowest BCUT2D eigenvalue weighted by molar-refractivity contribution is 0.101. The first-order valence-corrected chi connectivity index (χ1v) is 7.53. The molecule has 0 spiro atoms. The minimum atomic E-state index is -0.134. The van der Waals surface area contributed by atoms with Crippen molar-refractivity contribution in [2.24, 2.45) is 0 Å². The number of benzene rings is 1. The number of thiazole rings is 1. The van der Waals surface area contributed by atoms with Crippen molar-refractivity contribution in [3.05, 3.63) is 71.0 Å². The van der Waals surface area contributed by atoms with Gasteiger partial charge in [0.25, 0.3) is 5.91 Å². The highest BCUT2D eigenvalue weighted by Gasteiger charge is 2.12. The quantitative estimate of drug-likeness (QED) is 0.800. The summed E-state index contributed by atoms with van der Waals surface area (Å²) >= 11 is 1.43. The van der Waals surface area contributed by atoms with E-state index in [1.807, 2.05) is 65.5 Å². The van der Waals surface area contributed by atoms with Crippen LogP contribution >= 0.6 is 11.3 Å². The Balaban J connectivity index is 1.77. The van der Waals surface area contributed by atoms with Gasteiger partial charge in [-0.1, -0.05) is 30.3 Å². The monoisotopic (exact) mass is 297 g/mol. The second-order valence-electron chi connectivity index (χ2n) is 4.76. The van der Waals surface area contributed by atoms with Gasteiger partial charge in [-0.15, -0.1) is 11.3 Å². The molecule has 0 saturated carbocycles. The smallest absolute Gasteiger partial charge is 0.274 e. The largest absolute Gasteiger partial charge is 0.339 e. The van der Waals surface area contributed by atoms with Gasteiger partial charge >= 0.3 is 0 Å². The lowest BCUT2D eigenvalue weighted by Crippen LogP contribution is -2.17. The molecular formula is C16H15N3OS. The Morgan fingerprint density at radius 2 is 2.05 bits per heavy atom. The highest BCUT2D eigenvalue weighted by Crippen LogP contribution is 2.16. The van der Waals surface area contributed by atoms with Crippen LogP contribution in [0.3, 0.4) is 0 Å². The highest BCUT2D eigenvalue weighted by molar-refractivity contribution is 7.13. The zero-order chi connectivity index (χ0) is 14.7. The maximum Gasteiger partial charge on any atom is 0.274 e. The third-order valence-electron chi connectivity index (χ3n) is 3.10. The van der Waals surface area contributed by atoms with Crippen LogP contribution in [0.1, 0.15) is 21.7 Å². The fraction of sp³-hybridized carbons (Fsp3) is 0.125. The van der Waals surface area contributed by atoms with Gasteiger partial charge in [0, 0.05) is 18.1 Å². The second-order valence-corrected chi connectivity index (χ2v) is 5.61. The van der Waals surface area contributed by atoms with E-state index in [1.54, 1.807) is 0 Å². The van der Waals surface area contributed by atoms with Crippen molar-refractivity contribution in [3.8, 4) is 0 Å². The van der Waals surface area contributed by atoms with E-state index in [4.69, 9.17) is 0 Å². The van der Waals surface area contributed by atoms with Gasteiger partial charge in [-0.2, -0.15) is 0 Å². The van der Waals surface area contributed by atoms with Gasteiger partial charge in [-0.3, -0.25) is 10.1 Å². The number of aromatic nitrogens is 2. The first kappa shape index (κ1) is 13.6. The molecule has 21 heavy (non-hydrogen) atoms. The van der Waals surface area contributed by atoms with Gasteiger partial charge in [0.05, 0.1) is 5.69 Å². The third-order valence-corrected chi connectivity index (χ3v) is 3.97. The van der Waals surface area contributed by atoms with E-state index in [2.05, 4.69) is 10.3 Å². The molecule has 0 atom stereocenters. The predicted octanol–water partition coefficient (Wildman–Crippen LogP) is 3.55. The highest BCUT2D eigenvalue weighted by atomic mass is 32.1. The molecule has 1 N–H and O–H groups in total. The number of nitrogens with zero attached hydrogens (tertiary/aromatic N) is 2. The Hall–Kier alpha value is -2.40. The van der Waals surface area contributed by atoms with Crippen LogP contribution in [0.15, 0.2) is 54.0 Å². The summed E-state index contributed by atoms with van der Waals surface area (Å²) in [6, 6.07) is 13.8. The van der Waals surface area contributed by atoms with Crippen molar-refractivity contribution in [1.82, 2.24) is 9.55 Å². The molecule has 0 unspecified atom stereocenters. The first-order valence-electron chi connectivity index (χ1n) is 6.65.